The number of aromatic nitrogens is 2. The van der Waals surface area contributed by atoms with Crippen LogP contribution in [-0.2, 0) is 16.6 Å². The van der Waals surface area contributed by atoms with Crippen molar-refractivity contribution in [2.24, 2.45) is 7.05 Å². The van der Waals surface area contributed by atoms with Crippen LogP contribution in [0.3, 0.4) is 0 Å². The summed E-state index contributed by atoms with van der Waals surface area (Å²) in [6, 6.07) is 0. The van der Waals surface area contributed by atoms with Gasteiger partial charge < -0.3 is 10.4 Å². The molecule has 6 heteroatoms. The molecular weight excluding hydrogens is 258 g/mol. The van der Waals surface area contributed by atoms with E-state index in [1.807, 2.05) is 27.8 Å². The van der Waals surface area contributed by atoms with Gasteiger partial charge in [-0.15, -0.1) is 0 Å². The van der Waals surface area contributed by atoms with Gasteiger partial charge in [-0.25, -0.2) is 0 Å². The van der Waals surface area contributed by atoms with Crippen LogP contribution in [0.1, 0.15) is 49.1 Å². The summed E-state index contributed by atoms with van der Waals surface area (Å²) in [4.78, 5) is 22.5. The predicted octanol–water partition coefficient (Wildman–Crippen LogP) is 1.51. The second-order valence-corrected chi connectivity index (χ2v) is 5.07. The SMILES string of the molecule is Cc1nn(C)c(C)c1C(C)C(=O)NCCCCC(=O)O. The summed E-state index contributed by atoms with van der Waals surface area (Å²) in [6.07, 6.45) is 1.40. The Hall–Kier alpha value is -1.85. The molecule has 1 unspecified atom stereocenters. The average molecular weight is 281 g/mol. The summed E-state index contributed by atoms with van der Waals surface area (Å²) in [6.45, 7) is 6.23. The molecule has 0 bridgehead atoms. The van der Waals surface area contributed by atoms with Gasteiger partial charge in [-0.2, -0.15) is 5.10 Å². The molecule has 20 heavy (non-hydrogen) atoms. The number of carbonyl (C=O) groups is 2. The number of aryl methyl sites for hydroxylation is 2. The third-order valence-electron chi connectivity index (χ3n) is 3.51. The number of hydrogen-bond donors (Lipinski definition) is 2. The number of amides is 1. The molecule has 6 nitrogen and oxygen atoms in total. The first kappa shape index (κ1) is 16.2. The molecule has 0 saturated heterocycles. The highest BCUT2D eigenvalue weighted by Gasteiger charge is 2.22. The lowest BCUT2D eigenvalue weighted by atomic mass is 9.98. The Bertz CT molecular complexity index is 494. The van der Waals surface area contributed by atoms with Crippen molar-refractivity contribution < 1.29 is 14.7 Å². The number of unbranched alkanes of at least 4 members (excludes halogenated alkanes) is 1. The van der Waals surface area contributed by atoms with Crippen LogP contribution in [0.2, 0.25) is 0 Å². The Labute approximate surface area is 119 Å². The summed E-state index contributed by atoms with van der Waals surface area (Å²) >= 11 is 0. The zero-order valence-corrected chi connectivity index (χ0v) is 12.6. The number of carboxylic acids is 1. The fourth-order valence-corrected chi connectivity index (χ4v) is 2.31. The van der Waals surface area contributed by atoms with Gasteiger partial charge in [0.2, 0.25) is 5.91 Å². The van der Waals surface area contributed by atoms with Crippen LogP contribution in [0.4, 0.5) is 0 Å². The molecule has 1 aromatic rings. The minimum absolute atomic E-state index is 0.0421. The number of nitrogens with one attached hydrogen (secondary N) is 1. The van der Waals surface area contributed by atoms with E-state index in [4.69, 9.17) is 5.11 Å². The van der Waals surface area contributed by atoms with Crippen LogP contribution >= 0.6 is 0 Å². The molecule has 0 aliphatic carbocycles. The second kappa shape index (κ2) is 7.07. The summed E-state index contributed by atoms with van der Waals surface area (Å²) < 4.78 is 1.78. The first-order valence-corrected chi connectivity index (χ1v) is 6.84. The smallest absolute Gasteiger partial charge is 0.303 e. The van der Waals surface area contributed by atoms with E-state index in [1.165, 1.54) is 0 Å². The molecule has 1 rings (SSSR count). The zero-order valence-electron chi connectivity index (χ0n) is 12.6. The largest absolute Gasteiger partial charge is 0.481 e. The Kier molecular flexibility index (Phi) is 5.73. The van der Waals surface area contributed by atoms with Crippen molar-refractivity contribution >= 4 is 11.9 Å². The third-order valence-corrected chi connectivity index (χ3v) is 3.51. The maximum Gasteiger partial charge on any atom is 0.303 e. The van der Waals surface area contributed by atoms with Gasteiger partial charge in [0.15, 0.2) is 0 Å². The van der Waals surface area contributed by atoms with Gasteiger partial charge in [-0.1, -0.05) is 0 Å². The van der Waals surface area contributed by atoms with Crippen LogP contribution < -0.4 is 5.32 Å². The van der Waals surface area contributed by atoms with Gasteiger partial charge in [0, 0.05) is 31.3 Å². The van der Waals surface area contributed by atoms with E-state index in [0.29, 0.717) is 19.4 Å². The van der Waals surface area contributed by atoms with E-state index < -0.39 is 5.97 Å². The number of nitrogens with zero attached hydrogens (tertiary/aromatic N) is 2. The third kappa shape index (κ3) is 4.08. The van der Waals surface area contributed by atoms with E-state index in [9.17, 15) is 9.59 Å². The lowest BCUT2D eigenvalue weighted by molar-refractivity contribution is -0.137. The van der Waals surface area contributed by atoms with Gasteiger partial charge in [0.1, 0.15) is 0 Å². The van der Waals surface area contributed by atoms with Gasteiger partial charge >= 0.3 is 5.97 Å². The lowest BCUT2D eigenvalue weighted by Gasteiger charge is -2.13. The first-order valence-electron chi connectivity index (χ1n) is 6.84. The molecule has 1 heterocycles. The van der Waals surface area contributed by atoms with E-state index in [1.54, 1.807) is 4.68 Å². The minimum atomic E-state index is -0.800. The van der Waals surface area contributed by atoms with E-state index in [-0.39, 0.29) is 18.2 Å². The van der Waals surface area contributed by atoms with Crippen LogP contribution in [0.25, 0.3) is 0 Å². The van der Waals surface area contributed by atoms with Crippen molar-refractivity contribution in [2.75, 3.05) is 6.54 Å². The van der Waals surface area contributed by atoms with Gasteiger partial charge in [-0.3, -0.25) is 14.3 Å². The monoisotopic (exact) mass is 281 g/mol. The molecule has 2 N–H and O–H groups in total. The van der Waals surface area contributed by atoms with Crippen LogP contribution in [0, 0.1) is 13.8 Å². The van der Waals surface area contributed by atoms with Crippen molar-refractivity contribution in [3.63, 3.8) is 0 Å². The molecule has 112 valence electrons. The summed E-state index contributed by atoms with van der Waals surface area (Å²) in [5.41, 5.74) is 2.84. The number of rotatable bonds is 7. The predicted molar refractivity (Wildman–Crippen MR) is 75.6 cm³/mol. The fraction of sp³-hybridized carbons (Fsp3) is 0.643. The number of hydrogen-bond acceptors (Lipinski definition) is 3. The highest BCUT2D eigenvalue weighted by Crippen LogP contribution is 2.22. The minimum Gasteiger partial charge on any atom is -0.481 e. The van der Waals surface area contributed by atoms with Crippen LogP contribution in [0.5, 0.6) is 0 Å². The standard InChI is InChI=1S/C14H23N3O3/c1-9(13-10(2)16-17(4)11(13)3)14(20)15-8-6-5-7-12(18)19/h9H,5-8H2,1-4H3,(H,15,20)(H,18,19). The number of carboxylic acid groups (broad SMARTS) is 1. The molecule has 0 aliphatic heterocycles. The molecular formula is C14H23N3O3. The summed E-state index contributed by atoms with van der Waals surface area (Å²) in [5.74, 6) is -1.09. The summed E-state index contributed by atoms with van der Waals surface area (Å²) in [7, 11) is 1.86. The fourth-order valence-electron chi connectivity index (χ4n) is 2.31. The van der Waals surface area contributed by atoms with Gasteiger partial charge in [0.25, 0.3) is 0 Å². The molecule has 0 aliphatic rings. The topological polar surface area (TPSA) is 84.2 Å². The average Bonchev–Trinajstić information content (AvgIpc) is 2.61. The Morgan fingerprint density at radius 1 is 1.35 bits per heavy atom. The first-order chi connectivity index (χ1) is 9.34. The number of carbonyl (C=O) groups excluding carboxylic acids is 1. The van der Waals surface area contributed by atoms with E-state index >= 15 is 0 Å². The molecule has 1 aromatic heterocycles. The molecule has 1 atom stereocenters. The van der Waals surface area contributed by atoms with Crippen molar-refractivity contribution in [3.05, 3.63) is 17.0 Å². The second-order valence-electron chi connectivity index (χ2n) is 5.07. The highest BCUT2D eigenvalue weighted by atomic mass is 16.4. The van der Waals surface area contributed by atoms with Crippen LogP contribution in [0.15, 0.2) is 0 Å². The molecule has 1 amide bonds. The normalized spacial score (nSPS) is 12.2. The Morgan fingerprint density at radius 2 is 2.00 bits per heavy atom. The Balaban J connectivity index is 2.49. The quantitative estimate of drug-likeness (QED) is 0.742. The highest BCUT2D eigenvalue weighted by molar-refractivity contribution is 5.83. The zero-order chi connectivity index (χ0) is 15.3. The maximum atomic E-state index is 12.1. The van der Waals surface area contributed by atoms with E-state index in [2.05, 4.69) is 10.4 Å². The molecule has 0 aromatic carbocycles. The van der Waals surface area contributed by atoms with Gasteiger partial charge in [0.05, 0.1) is 11.6 Å². The lowest BCUT2D eigenvalue weighted by Crippen LogP contribution is -2.29. The Morgan fingerprint density at radius 3 is 2.50 bits per heavy atom. The van der Waals surface area contributed by atoms with Crippen LogP contribution in [-0.4, -0.2) is 33.3 Å². The van der Waals surface area contributed by atoms with E-state index in [0.717, 1.165) is 17.0 Å². The molecule has 0 spiro atoms. The van der Waals surface area contributed by atoms with Crippen molar-refractivity contribution in [1.29, 1.82) is 0 Å². The molecule has 0 radical (unpaired) electrons. The van der Waals surface area contributed by atoms with Gasteiger partial charge in [-0.05, 0) is 33.6 Å². The van der Waals surface area contributed by atoms with Crippen molar-refractivity contribution in [3.8, 4) is 0 Å². The molecule has 0 saturated carbocycles. The van der Waals surface area contributed by atoms with Crippen molar-refractivity contribution in [1.82, 2.24) is 15.1 Å². The molecule has 0 fully saturated rings. The maximum absolute atomic E-state index is 12.1. The summed E-state index contributed by atoms with van der Waals surface area (Å²) in [5, 5.41) is 15.7. The van der Waals surface area contributed by atoms with Crippen molar-refractivity contribution in [2.45, 2.75) is 46.0 Å². The number of aliphatic carboxylic acids is 1.